The van der Waals surface area contributed by atoms with Gasteiger partial charge in [-0.05, 0) is 11.4 Å². The van der Waals surface area contributed by atoms with Gasteiger partial charge < -0.3 is 8.98 Å². The molecule has 3 aromatic heterocycles. The Morgan fingerprint density at radius 2 is 2.22 bits per heavy atom. The summed E-state index contributed by atoms with van der Waals surface area (Å²) in [5.74, 6) is 3.24. The molecule has 0 saturated heterocycles. The third-order valence-electron chi connectivity index (χ3n) is 4.05. The molecule has 4 rings (SSSR count). The van der Waals surface area contributed by atoms with Crippen LogP contribution in [0.5, 0.6) is 0 Å². The predicted octanol–water partition coefficient (Wildman–Crippen LogP) is 3.13. The molecule has 7 heteroatoms. The van der Waals surface area contributed by atoms with Gasteiger partial charge in [0.05, 0.1) is 17.1 Å². The van der Waals surface area contributed by atoms with Crippen LogP contribution in [0.1, 0.15) is 37.1 Å². The van der Waals surface area contributed by atoms with Crippen LogP contribution in [0.3, 0.4) is 0 Å². The van der Waals surface area contributed by atoms with Crippen LogP contribution >= 0.6 is 11.3 Å². The van der Waals surface area contributed by atoms with Crippen molar-refractivity contribution in [3.8, 4) is 10.8 Å². The van der Waals surface area contributed by atoms with Gasteiger partial charge in [0.2, 0.25) is 5.89 Å². The molecule has 0 radical (unpaired) electrons. The van der Waals surface area contributed by atoms with Crippen molar-refractivity contribution >= 4 is 11.3 Å². The number of oxazole rings is 1. The summed E-state index contributed by atoms with van der Waals surface area (Å²) in [7, 11) is 0. The van der Waals surface area contributed by atoms with E-state index < -0.39 is 0 Å². The first-order valence-corrected chi connectivity index (χ1v) is 8.71. The SMILES string of the molecule is CC(C)c1nnc2n1CCN(Cc1coc(-c3cccs3)n1)C2. The molecule has 120 valence electrons. The number of fused-ring (bicyclic) bond motifs is 1. The van der Waals surface area contributed by atoms with Crippen LogP contribution in [0.15, 0.2) is 28.2 Å². The number of hydrogen-bond acceptors (Lipinski definition) is 6. The van der Waals surface area contributed by atoms with Crippen molar-refractivity contribution in [2.75, 3.05) is 6.54 Å². The zero-order valence-corrected chi connectivity index (χ0v) is 14.1. The first-order valence-electron chi connectivity index (χ1n) is 7.83. The van der Waals surface area contributed by atoms with Crippen molar-refractivity contribution in [2.24, 2.45) is 0 Å². The van der Waals surface area contributed by atoms with Crippen LogP contribution in [-0.4, -0.2) is 31.2 Å². The highest BCUT2D eigenvalue weighted by atomic mass is 32.1. The first-order chi connectivity index (χ1) is 11.2. The van der Waals surface area contributed by atoms with E-state index in [1.807, 2.05) is 17.5 Å². The van der Waals surface area contributed by atoms with Gasteiger partial charge >= 0.3 is 0 Å². The van der Waals surface area contributed by atoms with Gasteiger partial charge in [-0.15, -0.1) is 21.5 Å². The zero-order chi connectivity index (χ0) is 15.8. The first kappa shape index (κ1) is 14.6. The maximum Gasteiger partial charge on any atom is 0.236 e. The van der Waals surface area contributed by atoms with Gasteiger partial charge in [-0.3, -0.25) is 4.90 Å². The number of aromatic nitrogens is 4. The fraction of sp³-hybridized carbons (Fsp3) is 0.438. The second kappa shape index (κ2) is 5.90. The third kappa shape index (κ3) is 2.82. The van der Waals surface area contributed by atoms with E-state index in [0.29, 0.717) is 11.8 Å². The Labute approximate surface area is 138 Å². The lowest BCUT2D eigenvalue weighted by Gasteiger charge is -2.27. The maximum absolute atomic E-state index is 5.60. The molecule has 23 heavy (non-hydrogen) atoms. The number of hydrogen-bond donors (Lipinski definition) is 0. The zero-order valence-electron chi connectivity index (χ0n) is 13.3. The highest BCUT2D eigenvalue weighted by Gasteiger charge is 2.23. The van der Waals surface area contributed by atoms with Gasteiger partial charge in [0.1, 0.15) is 17.9 Å². The fourth-order valence-corrected chi connectivity index (χ4v) is 3.57. The molecular weight excluding hydrogens is 310 g/mol. The molecule has 0 saturated carbocycles. The second-order valence-corrected chi connectivity index (χ2v) is 7.06. The molecule has 0 unspecified atom stereocenters. The molecule has 0 fully saturated rings. The minimum Gasteiger partial charge on any atom is -0.444 e. The Bertz CT molecular complexity index is 789. The summed E-state index contributed by atoms with van der Waals surface area (Å²) in [4.78, 5) is 8.00. The third-order valence-corrected chi connectivity index (χ3v) is 4.90. The van der Waals surface area contributed by atoms with Gasteiger partial charge in [0.15, 0.2) is 0 Å². The second-order valence-electron chi connectivity index (χ2n) is 6.11. The van der Waals surface area contributed by atoms with Crippen molar-refractivity contribution in [1.29, 1.82) is 0 Å². The Balaban J connectivity index is 1.46. The van der Waals surface area contributed by atoms with Gasteiger partial charge in [0, 0.05) is 25.6 Å². The van der Waals surface area contributed by atoms with E-state index in [9.17, 15) is 0 Å². The summed E-state index contributed by atoms with van der Waals surface area (Å²) in [5, 5.41) is 10.7. The Morgan fingerprint density at radius 1 is 1.30 bits per heavy atom. The molecule has 0 aliphatic carbocycles. The van der Waals surface area contributed by atoms with Gasteiger partial charge in [0.25, 0.3) is 0 Å². The quantitative estimate of drug-likeness (QED) is 0.736. The van der Waals surface area contributed by atoms with Gasteiger partial charge in [-0.1, -0.05) is 19.9 Å². The molecule has 4 heterocycles. The van der Waals surface area contributed by atoms with E-state index >= 15 is 0 Å². The van der Waals surface area contributed by atoms with E-state index in [1.54, 1.807) is 17.6 Å². The summed E-state index contributed by atoms with van der Waals surface area (Å²) in [6, 6.07) is 4.03. The van der Waals surface area contributed by atoms with E-state index in [1.165, 1.54) is 0 Å². The maximum atomic E-state index is 5.60. The lowest BCUT2D eigenvalue weighted by atomic mass is 10.2. The average Bonchev–Trinajstić information content (AvgIpc) is 3.27. The molecule has 3 aromatic rings. The van der Waals surface area contributed by atoms with Crippen LogP contribution < -0.4 is 0 Å². The Morgan fingerprint density at radius 3 is 3.00 bits per heavy atom. The van der Waals surface area contributed by atoms with Crippen LogP contribution in [-0.2, 0) is 19.6 Å². The fourth-order valence-electron chi connectivity index (χ4n) is 2.91. The highest BCUT2D eigenvalue weighted by molar-refractivity contribution is 7.13. The van der Waals surface area contributed by atoms with Crippen LogP contribution in [0.25, 0.3) is 10.8 Å². The molecule has 0 spiro atoms. The Hall–Kier alpha value is -1.99. The number of nitrogens with zero attached hydrogens (tertiary/aromatic N) is 5. The summed E-state index contributed by atoms with van der Waals surface area (Å²) >= 11 is 1.64. The largest absolute Gasteiger partial charge is 0.444 e. The molecule has 0 atom stereocenters. The summed E-state index contributed by atoms with van der Waals surface area (Å²) in [6.45, 7) is 7.81. The van der Waals surface area contributed by atoms with E-state index in [0.717, 1.165) is 48.4 Å². The molecule has 0 amide bonds. The van der Waals surface area contributed by atoms with Crippen molar-refractivity contribution in [2.45, 2.75) is 39.4 Å². The van der Waals surface area contributed by atoms with E-state index in [-0.39, 0.29) is 0 Å². The smallest absolute Gasteiger partial charge is 0.236 e. The van der Waals surface area contributed by atoms with E-state index in [4.69, 9.17) is 4.42 Å². The summed E-state index contributed by atoms with van der Waals surface area (Å²) in [5.41, 5.74) is 0.963. The van der Waals surface area contributed by atoms with Crippen LogP contribution in [0.4, 0.5) is 0 Å². The van der Waals surface area contributed by atoms with Crippen molar-refractivity contribution in [1.82, 2.24) is 24.6 Å². The van der Waals surface area contributed by atoms with Gasteiger partial charge in [-0.2, -0.15) is 0 Å². The molecule has 6 nitrogen and oxygen atoms in total. The van der Waals surface area contributed by atoms with Crippen molar-refractivity contribution < 1.29 is 4.42 Å². The van der Waals surface area contributed by atoms with Gasteiger partial charge in [-0.25, -0.2) is 4.98 Å². The minimum absolute atomic E-state index is 0.409. The number of thiophene rings is 1. The minimum atomic E-state index is 0.409. The summed E-state index contributed by atoms with van der Waals surface area (Å²) in [6.07, 6.45) is 1.76. The molecule has 0 N–H and O–H groups in total. The molecular formula is C16H19N5OS. The topological polar surface area (TPSA) is 60.0 Å². The lowest BCUT2D eigenvalue weighted by Crippen LogP contribution is -2.34. The van der Waals surface area contributed by atoms with E-state index in [2.05, 4.69) is 38.5 Å². The molecule has 1 aliphatic rings. The average molecular weight is 329 g/mol. The van der Waals surface area contributed by atoms with Crippen molar-refractivity contribution in [3.63, 3.8) is 0 Å². The van der Waals surface area contributed by atoms with Crippen molar-refractivity contribution in [3.05, 3.63) is 41.1 Å². The Kier molecular flexibility index (Phi) is 3.74. The monoisotopic (exact) mass is 329 g/mol. The number of rotatable bonds is 4. The summed E-state index contributed by atoms with van der Waals surface area (Å²) < 4.78 is 7.85. The lowest BCUT2D eigenvalue weighted by molar-refractivity contribution is 0.204. The molecule has 0 bridgehead atoms. The molecule has 1 aliphatic heterocycles. The molecule has 0 aromatic carbocycles. The normalized spacial score (nSPS) is 15.3. The predicted molar refractivity (Wildman–Crippen MR) is 88.0 cm³/mol. The van der Waals surface area contributed by atoms with Crippen LogP contribution in [0, 0.1) is 0 Å². The van der Waals surface area contributed by atoms with Crippen LogP contribution in [0.2, 0.25) is 0 Å². The highest BCUT2D eigenvalue weighted by Crippen LogP contribution is 2.25. The standard InChI is InChI=1S/C16H19N5OS/c1-11(2)15-19-18-14-9-20(5-6-21(14)15)8-12-10-22-16(17-12)13-4-3-7-23-13/h3-4,7,10-11H,5-6,8-9H2,1-2H3.